The van der Waals surface area contributed by atoms with Crippen LogP contribution >= 0.6 is 0 Å². The Balaban J connectivity index is 2.00. The first-order valence-electron chi connectivity index (χ1n) is 6.35. The van der Waals surface area contributed by atoms with Crippen LogP contribution in [-0.4, -0.2) is 16.7 Å². The molecule has 0 atom stereocenters. The Labute approximate surface area is 101 Å². The van der Waals surface area contributed by atoms with Crippen molar-refractivity contribution < 1.29 is 14.7 Å². The zero-order valence-corrected chi connectivity index (χ0v) is 10.00. The van der Waals surface area contributed by atoms with E-state index in [2.05, 4.69) is 0 Å². The Morgan fingerprint density at radius 2 is 1.76 bits per heavy atom. The van der Waals surface area contributed by atoms with Gasteiger partial charge in [0, 0.05) is 24.8 Å². The molecule has 0 spiro atoms. The Morgan fingerprint density at radius 3 is 2.47 bits per heavy atom. The average Bonchev–Trinajstić information content (AvgIpc) is 2.30. The van der Waals surface area contributed by atoms with Gasteiger partial charge >= 0.3 is 0 Å². The molecule has 92 valence electrons. The maximum Gasteiger partial charge on any atom is 0.162 e. The molecule has 0 bridgehead atoms. The standard InChI is InChI=1S/C14H18O3/c15-12-5-2-1-4-10(12)8-9-11-13(16)6-3-7-14(11)17/h4,16H,1-3,5-9H2. The van der Waals surface area contributed by atoms with E-state index >= 15 is 0 Å². The SMILES string of the molecule is O=C1CCCC=C1CCC1=C(O)CCCC1=O. The third-order valence-corrected chi connectivity index (χ3v) is 3.50. The van der Waals surface area contributed by atoms with E-state index in [-0.39, 0.29) is 17.3 Å². The second-order valence-electron chi connectivity index (χ2n) is 4.75. The van der Waals surface area contributed by atoms with E-state index in [1.807, 2.05) is 6.08 Å². The predicted molar refractivity (Wildman–Crippen MR) is 64.7 cm³/mol. The van der Waals surface area contributed by atoms with Gasteiger partial charge in [-0.05, 0) is 37.7 Å². The normalized spacial score (nSPS) is 21.8. The van der Waals surface area contributed by atoms with Gasteiger partial charge in [-0.2, -0.15) is 0 Å². The zero-order chi connectivity index (χ0) is 12.3. The smallest absolute Gasteiger partial charge is 0.162 e. The minimum Gasteiger partial charge on any atom is -0.512 e. The lowest BCUT2D eigenvalue weighted by atomic mass is 9.88. The van der Waals surface area contributed by atoms with Crippen molar-refractivity contribution in [2.24, 2.45) is 0 Å². The number of allylic oxidation sites excluding steroid dienone is 4. The molecular weight excluding hydrogens is 216 g/mol. The zero-order valence-electron chi connectivity index (χ0n) is 10.00. The van der Waals surface area contributed by atoms with Crippen LogP contribution in [-0.2, 0) is 9.59 Å². The number of aliphatic hydroxyl groups is 1. The van der Waals surface area contributed by atoms with Gasteiger partial charge in [0.1, 0.15) is 0 Å². The molecule has 2 aliphatic carbocycles. The molecule has 0 aromatic heterocycles. The van der Waals surface area contributed by atoms with Crippen LogP contribution in [0, 0.1) is 0 Å². The third kappa shape index (κ3) is 2.84. The molecule has 0 fully saturated rings. The lowest BCUT2D eigenvalue weighted by Gasteiger charge is -2.16. The van der Waals surface area contributed by atoms with E-state index in [4.69, 9.17) is 0 Å². The average molecular weight is 234 g/mol. The van der Waals surface area contributed by atoms with Crippen LogP contribution in [0.1, 0.15) is 51.4 Å². The van der Waals surface area contributed by atoms with Gasteiger partial charge in [0.2, 0.25) is 0 Å². The fraction of sp³-hybridized carbons (Fsp3) is 0.571. The van der Waals surface area contributed by atoms with E-state index in [1.54, 1.807) is 0 Å². The molecule has 0 aromatic rings. The van der Waals surface area contributed by atoms with Crippen LogP contribution in [0.5, 0.6) is 0 Å². The second kappa shape index (κ2) is 5.30. The summed E-state index contributed by atoms with van der Waals surface area (Å²) in [6.07, 6.45) is 7.51. The van der Waals surface area contributed by atoms with Crippen molar-refractivity contribution in [3.8, 4) is 0 Å². The summed E-state index contributed by atoms with van der Waals surface area (Å²) in [5.74, 6) is 0.502. The molecule has 3 heteroatoms. The Hall–Kier alpha value is -1.38. The Morgan fingerprint density at radius 1 is 1.00 bits per heavy atom. The minimum absolute atomic E-state index is 0.0533. The van der Waals surface area contributed by atoms with E-state index in [0.29, 0.717) is 37.7 Å². The summed E-state index contributed by atoms with van der Waals surface area (Å²) in [4.78, 5) is 23.2. The molecule has 0 unspecified atom stereocenters. The van der Waals surface area contributed by atoms with Gasteiger partial charge in [-0.3, -0.25) is 9.59 Å². The van der Waals surface area contributed by atoms with Crippen molar-refractivity contribution in [2.45, 2.75) is 51.4 Å². The molecule has 0 saturated heterocycles. The molecule has 2 rings (SSSR count). The summed E-state index contributed by atoms with van der Waals surface area (Å²) in [5, 5.41) is 9.69. The highest BCUT2D eigenvalue weighted by atomic mass is 16.3. The largest absolute Gasteiger partial charge is 0.512 e. The molecule has 0 radical (unpaired) electrons. The van der Waals surface area contributed by atoms with Gasteiger partial charge < -0.3 is 5.11 Å². The van der Waals surface area contributed by atoms with Crippen molar-refractivity contribution in [1.29, 1.82) is 0 Å². The van der Waals surface area contributed by atoms with Crippen molar-refractivity contribution in [3.05, 3.63) is 23.0 Å². The summed E-state index contributed by atoms with van der Waals surface area (Å²) < 4.78 is 0. The van der Waals surface area contributed by atoms with Gasteiger partial charge in [-0.25, -0.2) is 0 Å². The number of ketones is 2. The van der Waals surface area contributed by atoms with Crippen molar-refractivity contribution in [1.82, 2.24) is 0 Å². The van der Waals surface area contributed by atoms with Crippen LogP contribution in [0.25, 0.3) is 0 Å². The lowest BCUT2D eigenvalue weighted by molar-refractivity contribution is -0.117. The van der Waals surface area contributed by atoms with Crippen molar-refractivity contribution >= 4 is 11.6 Å². The molecule has 1 N–H and O–H groups in total. The van der Waals surface area contributed by atoms with Crippen LogP contribution in [0.3, 0.4) is 0 Å². The molecule has 0 amide bonds. The summed E-state index contributed by atoms with van der Waals surface area (Å²) in [6.45, 7) is 0. The third-order valence-electron chi connectivity index (χ3n) is 3.50. The van der Waals surface area contributed by atoms with E-state index in [9.17, 15) is 14.7 Å². The minimum atomic E-state index is 0.0533. The van der Waals surface area contributed by atoms with E-state index in [1.165, 1.54) is 0 Å². The van der Waals surface area contributed by atoms with Gasteiger partial charge in [0.05, 0.1) is 5.76 Å². The molecule has 0 aromatic carbocycles. The molecule has 0 saturated carbocycles. The van der Waals surface area contributed by atoms with Crippen LogP contribution in [0.2, 0.25) is 0 Å². The number of hydrogen-bond donors (Lipinski definition) is 1. The van der Waals surface area contributed by atoms with Gasteiger partial charge in [-0.15, -0.1) is 0 Å². The number of carbonyl (C=O) groups excluding carboxylic acids is 2. The second-order valence-corrected chi connectivity index (χ2v) is 4.75. The predicted octanol–water partition coefficient (Wildman–Crippen LogP) is 3.01. The monoisotopic (exact) mass is 234 g/mol. The van der Waals surface area contributed by atoms with Gasteiger partial charge in [-0.1, -0.05) is 6.08 Å². The molecule has 0 heterocycles. The first-order chi connectivity index (χ1) is 8.18. The first-order valence-corrected chi connectivity index (χ1v) is 6.35. The quantitative estimate of drug-likeness (QED) is 0.816. The van der Waals surface area contributed by atoms with Gasteiger partial charge in [0.25, 0.3) is 0 Å². The summed E-state index contributed by atoms with van der Waals surface area (Å²) in [5.41, 5.74) is 1.39. The van der Waals surface area contributed by atoms with Crippen LogP contribution < -0.4 is 0 Å². The van der Waals surface area contributed by atoms with Crippen LogP contribution in [0.15, 0.2) is 23.0 Å². The Bertz CT molecular complexity index is 402. The number of aliphatic hydroxyl groups excluding tert-OH is 1. The molecule has 17 heavy (non-hydrogen) atoms. The highest BCUT2D eigenvalue weighted by Crippen LogP contribution is 2.26. The summed E-state index contributed by atoms with van der Waals surface area (Å²) >= 11 is 0. The maximum absolute atomic E-state index is 11.6. The van der Waals surface area contributed by atoms with E-state index < -0.39 is 0 Å². The topological polar surface area (TPSA) is 54.4 Å². The molecule has 2 aliphatic rings. The van der Waals surface area contributed by atoms with Gasteiger partial charge in [0.15, 0.2) is 11.6 Å². The summed E-state index contributed by atoms with van der Waals surface area (Å²) in [7, 11) is 0. The first kappa shape index (κ1) is 12.1. The number of carbonyl (C=O) groups is 2. The highest BCUT2D eigenvalue weighted by molar-refractivity contribution is 5.98. The number of rotatable bonds is 3. The molecule has 0 aliphatic heterocycles. The van der Waals surface area contributed by atoms with Crippen molar-refractivity contribution in [3.63, 3.8) is 0 Å². The lowest BCUT2D eigenvalue weighted by Crippen LogP contribution is -2.13. The highest BCUT2D eigenvalue weighted by Gasteiger charge is 2.21. The molecule has 3 nitrogen and oxygen atoms in total. The fourth-order valence-electron chi connectivity index (χ4n) is 2.48. The molecular formula is C14H18O3. The Kier molecular flexibility index (Phi) is 3.77. The number of hydrogen-bond acceptors (Lipinski definition) is 3. The van der Waals surface area contributed by atoms with Crippen LogP contribution in [0.4, 0.5) is 0 Å². The summed E-state index contributed by atoms with van der Waals surface area (Å²) in [6, 6.07) is 0. The maximum atomic E-state index is 11.6. The fourth-order valence-corrected chi connectivity index (χ4v) is 2.48. The van der Waals surface area contributed by atoms with E-state index in [0.717, 1.165) is 24.8 Å². The number of Topliss-reactive ketones (excluding diaryl/α,β-unsaturated/α-hetero) is 2. The van der Waals surface area contributed by atoms with Crippen molar-refractivity contribution in [2.75, 3.05) is 0 Å².